The van der Waals surface area contributed by atoms with E-state index >= 15 is 0 Å². The van der Waals surface area contributed by atoms with Crippen LogP contribution in [0.1, 0.15) is 22.6 Å². The number of carboxylic acids is 1. The number of carbonyl (C=O) groups is 2. The molecule has 1 amide bonds. The van der Waals surface area contributed by atoms with Crippen molar-refractivity contribution < 1.29 is 28.2 Å². The summed E-state index contributed by atoms with van der Waals surface area (Å²) in [6, 6.07) is 18.0. The van der Waals surface area contributed by atoms with Crippen LogP contribution in [0.2, 0.25) is 0 Å². The van der Waals surface area contributed by atoms with Crippen LogP contribution >= 0.6 is 11.8 Å². The number of ether oxygens (including phenoxy) is 1. The maximum atomic E-state index is 13.7. The van der Waals surface area contributed by atoms with E-state index in [0.29, 0.717) is 0 Å². The SMILES string of the molecule is O=C(NC(CSCc1c(F)cccc1F)C(=O)O)OCC1c2ccccc2-c2ccccc21. The van der Waals surface area contributed by atoms with Crippen molar-refractivity contribution in [1.82, 2.24) is 5.32 Å². The van der Waals surface area contributed by atoms with E-state index in [0.717, 1.165) is 46.1 Å². The Morgan fingerprint density at radius 2 is 1.52 bits per heavy atom. The van der Waals surface area contributed by atoms with Crippen molar-refractivity contribution in [1.29, 1.82) is 0 Å². The van der Waals surface area contributed by atoms with Gasteiger partial charge in [0, 0.05) is 23.0 Å². The fourth-order valence-electron chi connectivity index (χ4n) is 3.91. The number of benzene rings is 3. The lowest BCUT2D eigenvalue weighted by Crippen LogP contribution is -2.43. The molecule has 1 aliphatic carbocycles. The summed E-state index contributed by atoms with van der Waals surface area (Å²) in [7, 11) is 0. The molecule has 1 aliphatic rings. The molecule has 0 aromatic heterocycles. The van der Waals surface area contributed by atoms with Crippen molar-refractivity contribution in [2.45, 2.75) is 17.7 Å². The number of rotatable bonds is 8. The lowest BCUT2D eigenvalue weighted by Gasteiger charge is -2.17. The highest BCUT2D eigenvalue weighted by Gasteiger charge is 2.29. The van der Waals surface area contributed by atoms with Gasteiger partial charge in [-0.15, -0.1) is 0 Å². The van der Waals surface area contributed by atoms with Gasteiger partial charge in [0.05, 0.1) is 0 Å². The third-order valence-electron chi connectivity index (χ3n) is 5.53. The number of amides is 1. The van der Waals surface area contributed by atoms with Gasteiger partial charge in [-0.2, -0.15) is 11.8 Å². The van der Waals surface area contributed by atoms with Crippen LogP contribution in [-0.2, 0) is 15.3 Å². The van der Waals surface area contributed by atoms with Crippen molar-refractivity contribution in [2.75, 3.05) is 12.4 Å². The van der Waals surface area contributed by atoms with Crippen LogP contribution < -0.4 is 5.32 Å². The molecular formula is C25H21F2NO4S. The highest BCUT2D eigenvalue weighted by molar-refractivity contribution is 7.98. The highest BCUT2D eigenvalue weighted by Crippen LogP contribution is 2.44. The van der Waals surface area contributed by atoms with Gasteiger partial charge in [-0.25, -0.2) is 18.4 Å². The summed E-state index contributed by atoms with van der Waals surface area (Å²) < 4.78 is 32.9. The molecule has 170 valence electrons. The number of hydrogen-bond donors (Lipinski definition) is 2. The fourth-order valence-corrected chi connectivity index (χ4v) is 4.97. The Hall–Kier alpha value is -3.39. The van der Waals surface area contributed by atoms with Gasteiger partial charge in [-0.1, -0.05) is 54.6 Å². The predicted molar refractivity (Wildman–Crippen MR) is 122 cm³/mol. The second-order valence-corrected chi connectivity index (χ2v) is 8.61. The second kappa shape index (κ2) is 10.0. The van der Waals surface area contributed by atoms with Crippen molar-refractivity contribution in [3.8, 4) is 11.1 Å². The number of carboxylic acid groups (broad SMARTS) is 1. The zero-order valence-corrected chi connectivity index (χ0v) is 18.3. The van der Waals surface area contributed by atoms with Crippen LogP contribution in [0.3, 0.4) is 0 Å². The van der Waals surface area contributed by atoms with Crippen LogP contribution in [0.4, 0.5) is 13.6 Å². The molecule has 3 aromatic carbocycles. The van der Waals surface area contributed by atoms with Crippen molar-refractivity contribution in [3.05, 3.63) is 95.1 Å². The first kappa shape index (κ1) is 22.8. The van der Waals surface area contributed by atoms with E-state index in [2.05, 4.69) is 5.32 Å². The zero-order chi connectivity index (χ0) is 23.4. The van der Waals surface area contributed by atoms with E-state index in [-0.39, 0.29) is 29.6 Å². The standard InChI is InChI=1S/C25H21F2NO4S/c26-21-10-5-11-22(27)20(21)13-33-14-23(24(29)30)28-25(31)32-12-19-17-8-3-1-6-15(17)16-7-2-4-9-18(16)19/h1-11,19,23H,12-14H2,(H,28,31)(H,29,30). The molecule has 0 aliphatic heterocycles. The van der Waals surface area contributed by atoms with E-state index < -0.39 is 29.7 Å². The number of halogens is 2. The van der Waals surface area contributed by atoms with E-state index in [9.17, 15) is 23.5 Å². The van der Waals surface area contributed by atoms with Crippen LogP contribution in [0, 0.1) is 11.6 Å². The molecule has 0 saturated carbocycles. The van der Waals surface area contributed by atoms with E-state index in [1.807, 2.05) is 48.5 Å². The summed E-state index contributed by atoms with van der Waals surface area (Å²) in [6.07, 6.45) is -0.859. The molecule has 33 heavy (non-hydrogen) atoms. The van der Waals surface area contributed by atoms with Crippen molar-refractivity contribution in [2.24, 2.45) is 0 Å². The van der Waals surface area contributed by atoms with Gasteiger partial charge in [0.15, 0.2) is 0 Å². The van der Waals surface area contributed by atoms with Crippen LogP contribution in [-0.4, -0.2) is 35.6 Å². The smallest absolute Gasteiger partial charge is 0.407 e. The lowest BCUT2D eigenvalue weighted by molar-refractivity contribution is -0.138. The molecule has 1 atom stereocenters. The quantitative estimate of drug-likeness (QED) is 0.475. The third-order valence-corrected chi connectivity index (χ3v) is 6.59. The number of carbonyl (C=O) groups excluding carboxylic acids is 1. The molecule has 0 saturated heterocycles. The predicted octanol–water partition coefficient (Wildman–Crippen LogP) is 5.19. The summed E-state index contributed by atoms with van der Waals surface area (Å²) in [4.78, 5) is 23.9. The lowest BCUT2D eigenvalue weighted by atomic mass is 9.98. The van der Waals surface area contributed by atoms with Gasteiger partial charge in [0.25, 0.3) is 0 Å². The average Bonchev–Trinajstić information content (AvgIpc) is 3.12. The molecule has 2 N–H and O–H groups in total. The Bertz CT molecular complexity index is 1120. The Kier molecular flexibility index (Phi) is 6.93. The molecule has 8 heteroatoms. The third kappa shape index (κ3) is 5.01. The first-order valence-corrected chi connectivity index (χ1v) is 11.5. The minimum Gasteiger partial charge on any atom is -0.480 e. The number of nitrogens with one attached hydrogen (secondary N) is 1. The maximum absolute atomic E-state index is 13.7. The van der Waals surface area contributed by atoms with E-state index in [4.69, 9.17) is 4.74 Å². The van der Waals surface area contributed by atoms with Gasteiger partial charge < -0.3 is 15.2 Å². The first-order chi connectivity index (χ1) is 16.0. The Morgan fingerprint density at radius 3 is 2.09 bits per heavy atom. The fraction of sp³-hybridized carbons (Fsp3) is 0.200. The Balaban J connectivity index is 1.35. The molecule has 0 radical (unpaired) electrons. The van der Waals surface area contributed by atoms with Gasteiger partial charge >= 0.3 is 12.1 Å². The summed E-state index contributed by atoms with van der Waals surface area (Å²) in [5.74, 6) is -2.94. The number of thioether (sulfide) groups is 1. The number of hydrogen-bond acceptors (Lipinski definition) is 4. The highest BCUT2D eigenvalue weighted by atomic mass is 32.2. The molecular weight excluding hydrogens is 448 g/mol. The maximum Gasteiger partial charge on any atom is 0.407 e. The Labute approximate surface area is 193 Å². The minimum absolute atomic E-state index is 0.0553. The number of aliphatic carboxylic acids is 1. The van der Waals surface area contributed by atoms with Gasteiger partial charge in [-0.05, 0) is 34.4 Å². The summed E-state index contributed by atoms with van der Waals surface area (Å²) in [5, 5.41) is 11.8. The molecule has 3 aromatic rings. The molecule has 5 nitrogen and oxygen atoms in total. The zero-order valence-electron chi connectivity index (χ0n) is 17.5. The molecule has 0 heterocycles. The van der Waals surface area contributed by atoms with Gasteiger partial charge in [0.2, 0.25) is 0 Å². The van der Waals surface area contributed by atoms with Gasteiger partial charge in [0.1, 0.15) is 24.3 Å². The summed E-state index contributed by atoms with van der Waals surface area (Å²) >= 11 is 1.01. The molecule has 0 spiro atoms. The Morgan fingerprint density at radius 1 is 0.939 bits per heavy atom. The largest absolute Gasteiger partial charge is 0.480 e. The number of fused-ring (bicyclic) bond motifs is 3. The topological polar surface area (TPSA) is 75.6 Å². The summed E-state index contributed by atoms with van der Waals surface area (Å²) in [6.45, 7) is 0.0553. The molecule has 0 fully saturated rings. The van der Waals surface area contributed by atoms with Gasteiger partial charge in [-0.3, -0.25) is 0 Å². The van der Waals surface area contributed by atoms with Crippen LogP contribution in [0.25, 0.3) is 11.1 Å². The van der Waals surface area contributed by atoms with Crippen molar-refractivity contribution in [3.63, 3.8) is 0 Å². The monoisotopic (exact) mass is 469 g/mol. The van der Waals surface area contributed by atoms with E-state index in [1.165, 1.54) is 6.07 Å². The van der Waals surface area contributed by atoms with Crippen molar-refractivity contribution >= 4 is 23.8 Å². The minimum atomic E-state index is -1.26. The van der Waals surface area contributed by atoms with Crippen LogP contribution in [0.15, 0.2) is 66.7 Å². The molecule has 4 rings (SSSR count). The average molecular weight is 470 g/mol. The normalized spacial score (nSPS) is 13.2. The molecule has 1 unspecified atom stereocenters. The molecule has 0 bridgehead atoms. The second-order valence-electron chi connectivity index (χ2n) is 7.58. The number of alkyl carbamates (subject to hydrolysis) is 1. The summed E-state index contributed by atoms with van der Waals surface area (Å²) in [5.41, 5.74) is 4.13. The first-order valence-electron chi connectivity index (χ1n) is 10.3. The van der Waals surface area contributed by atoms with E-state index in [1.54, 1.807) is 0 Å². The van der Waals surface area contributed by atoms with Crippen LogP contribution in [0.5, 0.6) is 0 Å².